The van der Waals surface area contributed by atoms with Gasteiger partial charge in [0.2, 0.25) is 5.91 Å². The van der Waals surface area contributed by atoms with Crippen LogP contribution in [0.1, 0.15) is 5.56 Å². The zero-order valence-corrected chi connectivity index (χ0v) is 13.1. The van der Waals surface area contributed by atoms with Crippen LogP contribution in [0, 0.1) is 0 Å². The van der Waals surface area contributed by atoms with Gasteiger partial charge in [0, 0.05) is 12.6 Å². The van der Waals surface area contributed by atoms with Crippen LogP contribution in [0.3, 0.4) is 0 Å². The third-order valence-electron chi connectivity index (χ3n) is 3.49. The van der Waals surface area contributed by atoms with Crippen molar-refractivity contribution in [3.63, 3.8) is 0 Å². The topological polar surface area (TPSA) is 89.3 Å². The van der Waals surface area contributed by atoms with Crippen molar-refractivity contribution in [1.29, 1.82) is 0 Å². The third kappa shape index (κ3) is 3.05. The molecule has 0 saturated heterocycles. The summed E-state index contributed by atoms with van der Waals surface area (Å²) in [5.41, 5.74) is 2.56. The summed E-state index contributed by atoms with van der Waals surface area (Å²) in [6, 6.07) is 10.3. The minimum absolute atomic E-state index is 0.0427. The van der Waals surface area contributed by atoms with Gasteiger partial charge in [-0.2, -0.15) is 0 Å². The monoisotopic (exact) mass is 324 g/mol. The van der Waals surface area contributed by atoms with Gasteiger partial charge in [-0.05, 0) is 35.9 Å². The zero-order valence-electron chi connectivity index (χ0n) is 13.1. The molecule has 122 valence electrons. The number of carbonyl (C=O) groups is 1. The number of methoxy groups -OCH3 is 1. The Morgan fingerprint density at radius 1 is 1.29 bits per heavy atom. The molecule has 0 spiro atoms. The van der Waals surface area contributed by atoms with Crippen molar-refractivity contribution in [3.05, 3.63) is 54.6 Å². The Balaban J connectivity index is 1.95. The van der Waals surface area contributed by atoms with Gasteiger partial charge in [-0.15, -0.1) is 15.0 Å². The molecule has 0 aliphatic rings. The summed E-state index contributed by atoms with van der Waals surface area (Å²) in [7, 11) is 1.58. The van der Waals surface area contributed by atoms with Crippen molar-refractivity contribution in [2.75, 3.05) is 7.11 Å². The van der Waals surface area contributed by atoms with Crippen molar-refractivity contribution in [1.82, 2.24) is 20.3 Å². The zero-order chi connectivity index (χ0) is 17.1. The predicted molar refractivity (Wildman–Crippen MR) is 89.1 cm³/mol. The Morgan fingerprint density at radius 2 is 2.08 bits per heavy atom. The number of ether oxygens (including phenoxy) is 1. The highest BCUT2D eigenvalue weighted by atomic mass is 16.5. The van der Waals surface area contributed by atoms with Crippen molar-refractivity contribution < 1.29 is 14.6 Å². The van der Waals surface area contributed by atoms with Crippen LogP contribution in [-0.4, -0.2) is 33.1 Å². The van der Waals surface area contributed by atoms with E-state index in [0.29, 0.717) is 29.0 Å². The van der Waals surface area contributed by atoms with Gasteiger partial charge >= 0.3 is 0 Å². The molecule has 2 aromatic carbocycles. The van der Waals surface area contributed by atoms with Crippen LogP contribution >= 0.6 is 0 Å². The quantitative estimate of drug-likeness (QED) is 0.700. The van der Waals surface area contributed by atoms with Crippen LogP contribution in [0.15, 0.2) is 49.1 Å². The lowest BCUT2D eigenvalue weighted by atomic mass is 10.2. The number of fused-ring (bicyclic) bond motifs is 1. The predicted octanol–water partition coefficient (Wildman–Crippen LogP) is 1.94. The molecule has 0 saturated carbocycles. The second kappa shape index (κ2) is 6.41. The summed E-state index contributed by atoms with van der Waals surface area (Å²) in [6.07, 6.45) is 1.20. The van der Waals surface area contributed by atoms with Crippen molar-refractivity contribution in [2.24, 2.45) is 0 Å². The molecule has 7 nitrogen and oxygen atoms in total. The molecule has 0 bridgehead atoms. The first-order valence-electron chi connectivity index (χ1n) is 7.24. The molecule has 0 aliphatic carbocycles. The third-order valence-corrected chi connectivity index (χ3v) is 3.49. The second-order valence-corrected chi connectivity index (χ2v) is 5.09. The molecule has 0 atom stereocenters. The highest BCUT2D eigenvalue weighted by molar-refractivity contribution is 5.86. The summed E-state index contributed by atoms with van der Waals surface area (Å²) < 4.78 is 5.17. The summed E-state index contributed by atoms with van der Waals surface area (Å²) in [5.74, 6) is 0.459. The van der Waals surface area contributed by atoms with E-state index in [1.807, 2.05) is 0 Å². The van der Waals surface area contributed by atoms with E-state index < -0.39 is 0 Å². The summed E-state index contributed by atoms with van der Waals surface area (Å²) in [5, 5.41) is 21.5. The number of aromatic nitrogens is 3. The number of nitrogens with zero attached hydrogens (tertiary/aromatic N) is 3. The maximum absolute atomic E-state index is 11.3. The highest BCUT2D eigenvalue weighted by Crippen LogP contribution is 2.24. The molecule has 0 radical (unpaired) electrons. The number of carbonyl (C=O) groups excluding carboxylic acids is 1. The fraction of sp³-hybridized carbons (Fsp3) is 0.118. The fourth-order valence-electron chi connectivity index (χ4n) is 2.23. The van der Waals surface area contributed by atoms with E-state index in [0.717, 1.165) is 5.56 Å². The number of hydrogen-bond donors (Lipinski definition) is 2. The van der Waals surface area contributed by atoms with Crippen LogP contribution in [0.5, 0.6) is 11.5 Å². The number of phenols is 1. The van der Waals surface area contributed by atoms with E-state index >= 15 is 0 Å². The van der Waals surface area contributed by atoms with Gasteiger partial charge in [-0.25, -0.2) is 0 Å². The fourth-order valence-corrected chi connectivity index (χ4v) is 2.23. The summed E-state index contributed by atoms with van der Waals surface area (Å²) in [4.78, 5) is 12.6. The Morgan fingerprint density at radius 3 is 2.83 bits per heavy atom. The van der Waals surface area contributed by atoms with E-state index in [-0.39, 0.29) is 11.7 Å². The van der Waals surface area contributed by atoms with Gasteiger partial charge in [0.25, 0.3) is 0 Å². The minimum Gasteiger partial charge on any atom is -0.506 e. The molecule has 3 rings (SSSR count). The standard InChI is InChI=1S/C17H16N4O3/c1-3-17(23)18-10-11-4-7-16(22)15(8-11)21-19-13-6-5-12(24-2)9-14(13)20-21/h3-9,22H,1,10H2,2H3,(H,18,23). The highest BCUT2D eigenvalue weighted by Gasteiger charge is 2.11. The summed E-state index contributed by atoms with van der Waals surface area (Å²) >= 11 is 0. The van der Waals surface area contributed by atoms with Gasteiger partial charge < -0.3 is 15.2 Å². The number of aromatic hydroxyl groups is 1. The smallest absolute Gasteiger partial charge is 0.243 e. The lowest BCUT2D eigenvalue weighted by Gasteiger charge is -2.07. The molecule has 1 heterocycles. The SMILES string of the molecule is C=CC(=O)NCc1ccc(O)c(-n2nc3ccc(OC)cc3n2)c1. The normalized spacial score (nSPS) is 10.5. The molecule has 1 amide bonds. The van der Waals surface area contributed by atoms with Gasteiger partial charge in [0.05, 0.1) is 7.11 Å². The average Bonchev–Trinajstić information content (AvgIpc) is 3.03. The van der Waals surface area contributed by atoms with E-state index in [1.165, 1.54) is 10.9 Å². The molecule has 0 aliphatic heterocycles. The first-order chi connectivity index (χ1) is 11.6. The molecule has 0 fully saturated rings. The van der Waals surface area contributed by atoms with E-state index in [4.69, 9.17) is 4.74 Å². The maximum atomic E-state index is 11.3. The molecule has 1 aromatic heterocycles. The maximum Gasteiger partial charge on any atom is 0.243 e. The molecule has 24 heavy (non-hydrogen) atoms. The van der Waals surface area contributed by atoms with Gasteiger partial charge in [-0.3, -0.25) is 4.79 Å². The first kappa shape index (κ1) is 15.5. The van der Waals surface area contributed by atoms with Crippen LogP contribution < -0.4 is 10.1 Å². The molecule has 7 heteroatoms. The molecule has 2 N–H and O–H groups in total. The van der Waals surface area contributed by atoms with Crippen LogP contribution in [0.25, 0.3) is 16.7 Å². The number of amides is 1. The Labute approximate surface area is 138 Å². The average molecular weight is 324 g/mol. The Bertz CT molecular complexity index is 917. The lowest BCUT2D eigenvalue weighted by molar-refractivity contribution is -0.116. The molecular formula is C17H16N4O3. The molecular weight excluding hydrogens is 308 g/mol. The van der Waals surface area contributed by atoms with Gasteiger partial charge in [0.1, 0.15) is 28.2 Å². The minimum atomic E-state index is -0.264. The van der Waals surface area contributed by atoms with Crippen LogP contribution in [0.2, 0.25) is 0 Å². The van der Waals surface area contributed by atoms with Crippen molar-refractivity contribution in [3.8, 4) is 17.2 Å². The van der Waals surface area contributed by atoms with Crippen LogP contribution in [0.4, 0.5) is 0 Å². The lowest BCUT2D eigenvalue weighted by Crippen LogP contribution is -2.20. The first-order valence-corrected chi connectivity index (χ1v) is 7.24. The van der Waals surface area contributed by atoms with Crippen molar-refractivity contribution in [2.45, 2.75) is 6.54 Å². The van der Waals surface area contributed by atoms with Gasteiger partial charge in [-0.1, -0.05) is 12.6 Å². The largest absolute Gasteiger partial charge is 0.506 e. The number of nitrogens with one attached hydrogen (secondary N) is 1. The van der Waals surface area contributed by atoms with E-state index in [9.17, 15) is 9.90 Å². The number of hydrogen-bond acceptors (Lipinski definition) is 5. The number of rotatable bonds is 5. The van der Waals surface area contributed by atoms with E-state index in [2.05, 4.69) is 22.1 Å². The number of phenolic OH excluding ortho intramolecular Hbond substituents is 1. The molecule has 3 aromatic rings. The Hall–Kier alpha value is -3.35. The molecule has 0 unspecified atom stereocenters. The second-order valence-electron chi connectivity index (χ2n) is 5.09. The number of benzene rings is 2. The van der Waals surface area contributed by atoms with E-state index in [1.54, 1.807) is 43.5 Å². The van der Waals surface area contributed by atoms with Crippen LogP contribution in [-0.2, 0) is 11.3 Å². The van der Waals surface area contributed by atoms with Crippen molar-refractivity contribution >= 4 is 16.9 Å². The Kier molecular flexibility index (Phi) is 4.15. The summed E-state index contributed by atoms with van der Waals surface area (Å²) in [6.45, 7) is 3.72. The van der Waals surface area contributed by atoms with Gasteiger partial charge in [0.15, 0.2) is 0 Å².